The molecular weight excluding hydrogens is 399 g/mol. The zero-order valence-electron chi connectivity index (χ0n) is 18.2. The van der Waals surface area contributed by atoms with Crippen LogP contribution in [0, 0.1) is 25.1 Å². The molecule has 1 atom stereocenters. The molecule has 1 unspecified atom stereocenters. The van der Waals surface area contributed by atoms with Crippen molar-refractivity contribution in [2.75, 3.05) is 17.6 Å². The Morgan fingerprint density at radius 1 is 1.19 bits per heavy atom. The number of rotatable bonds is 4. The smallest absolute Gasteiger partial charge is 0.319 e. The molecule has 2 amide bonds. The highest BCUT2D eigenvalue weighted by atomic mass is 19.1. The van der Waals surface area contributed by atoms with Crippen LogP contribution < -0.4 is 16.4 Å². The number of nitrogens with one attached hydrogen (secondary N) is 2. The van der Waals surface area contributed by atoms with Crippen molar-refractivity contribution >= 4 is 28.7 Å². The van der Waals surface area contributed by atoms with Crippen molar-refractivity contribution in [3.8, 4) is 11.1 Å². The van der Waals surface area contributed by atoms with Gasteiger partial charge in [0.25, 0.3) is 0 Å². The van der Waals surface area contributed by atoms with Gasteiger partial charge in [-0.15, -0.1) is 0 Å². The van der Waals surface area contributed by atoms with Gasteiger partial charge in [-0.3, -0.25) is 0 Å². The molecule has 5 N–H and O–H groups in total. The first-order chi connectivity index (χ1) is 14.5. The van der Waals surface area contributed by atoms with Gasteiger partial charge >= 0.3 is 6.03 Å². The van der Waals surface area contributed by atoms with E-state index < -0.39 is 18.0 Å². The highest BCUT2D eigenvalue weighted by Gasteiger charge is 2.22. The Morgan fingerprint density at radius 2 is 1.90 bits per heavy atom. The van der Waals surface area contributed by atoms with Crippen LogP contribution in [0.5, 0.6) is 0 Å². The highest BCUT2D eigenvalue weighted by Crippen LogP contribution is 2.32. The molecule has 0 saturated carbocycles. The van der Waals surface area contributed by atoms with E-state index in [2.05, 4.69) is 25.6 Å². The number of nitrogen functional groups attached to an aromatic ring is 1. The average Bonchev–Trinajstić information content (AvgIpc) is 2.67. The first kappa shape index (κ1) is 22.4. The third-order valence-corrected chi connectivity index (χ3v) is 5.09. The predicted molar refractivity (Wildman–Crippen MR) is 119 cm³/mol. The summed E-state index contributed by atoms with van der Waals surface area (Å²) >= 11 is 0. The molecule has 2 heterocycles. The third kappa shape index (κ3) is 5.05. The quantitative estimate of drug-likeness (QED) is 0.505. The number of aryl methyl sites for hydroxylation is 2. The number of amides is 2. The van der Waals surface area contributed by atoms with Crippen LogP contribution in [-0.2, 0) is 0 Å². The summed E-state index contributed by atoms with van der Waals surface area (Å²) in [5, 5.41) is 15.9. The van der Waals surface area contributed by atoms with Gasteiger partial charge in [0.2, 0.25) is 5.95 Å². The lowest BCUT2D eigenvalue weighted by Gasteiger charge is -2.26. The highest BCUT2D eigenvalue weighted by molar-refractivity contribution is 5.91. The maximum absolute atomic E-state index is 14.6. The number of fused-ring (bicyclic) bond motifs is 1. The molecule has 0 aliphatic rings. The molecule has 0 aliphatic heterocycles. The first-order valence-electron chi connectivity index (χ1n) is 9.89. The fourth-order valence-corrected chi connectivity index (χ4v) is 3.06. The number of pyridine rings is 1. The molecule has 3 aromatic rings. The molecule has 0 fully saturated rings. The lowest BCUT2D eigenvalue weighted by atomic mass is 9.89. The predicted octanol–water partition coefficient (Wildman–Crippen LogP) is 3.56. The van der Waals surface area contributed by atoms with E-state index in [0.717, 1.165) is 11.1 Å². The number of nitrogens with zero attached hydrogens (tertiary/aromatic N) is 3. The fourth-order valence-electron chi connectivity index (χ4n) is 3.06. The summed E-state index contributed by atoms with van der Waals surface area (Å²) in [4.78, 5) is 24.9. The minimum atomic E-state index is -0.737. The molecule has 0 bridgehead atoms. The molecule has 0 radical (unpaired) electrons. The van der Waals surface area contributed by atoms with Crippen LogP contribution in [0.4, 0.5) is 20.8 Å². The molecule has 0 saturated heterocycles. The Kier molecular flexibility index (Phi) is 6.08. The SMILES string of the molecule is Cc1cc(F)c(NC(=O)NCC(O)C(C)(C)C)cc1-c1cc2cnc(N)nc2nc1C. The summed E-state index contributed by atoms with van der Waals surface area (Å²) < 4.78 is 14.6. The zero-order valence-corrected chi connectivity index (χ0v) is 18.2. The largest absolute Gasteiger partial charge is 0.391 e. The molecule has 164 valence electrons. The molecular formula is C22H27FN6O2. The minimum Gasteiger partial charge on any atom is -0.391 e. The summed E-state index contributed by atoms with van der Waals surface area (Å²) in [5.41, 5.74) is 8.60. The van der Waals surface area contributed by atoms with E-state index in [1.807, 2.05) is 33.8 Å². The van der Waals surface area contributed by atoms with Crippen molar-refractivity contribution in [3.63, 3.8) is 0 Å². The number of halogens is 1. The number of carbonyl (C=O) groups excluding carboxylic acids is 1. The van der Waals surface area contributed by atoms with Crippen LogP contribution in [0.3, 0.4) is 0 Å². The lowest BCUT2D eigenvalue weighted by molar-refractivity contribution is 0.0654. The zero-order chi connectivity index (χ0) is 22.9. The number of carbonyl (C=O) groups is 1. The van der Waals surface area contributed by atoms with E-state index in [4.69, 9.17) is 5.73 Å². The second kappa shape index (κ2) is 8.43. The number of hydrogen-bond donors (Lipinski definition) is 4. The van der Waals surface area contributed by atoms with Crippen LogP contribution in [-0.4, -0.2) is 38.7 Å². The lowest BCUT2D eigenvalue weighted by Crippen LogP contribution is -2.41. The maximum Gasteiger partial charge on any atom is 0.319 e. The van der Waals surface area contributed by atoms with Gasteiger partial charge in [0.1, 0.15) is 5.82 Å². The molecule has 0 spiro atoms. The van der Waals surface area contributed by atoms with E-state index in [0.29, 0.717) is 22.3 Å². The van der Waals surface area contributed by atoms with Crippen molar-refractivity contribution in [3.05, 3.63) is 41.5 Å². The average molecular weight is 426 g/mol. The van der Waals surface area contributed by atoms with E-state index in [9.17, 15) is 14.3 Å². The van der Waals surface area contributed by atoms with Gasteiger partial charge < -0.3 is 21.5 Å². The monoisotopic (exact) mass is 426 g/mol. The molecule has 1 aromatic carbocycles. The van der Waals surface area contributed by atoms with Crippen molar-refractivity contribution in [2.45, 2.75) is 40.7 Å². The Bertz CT molecular complexity index is 1140. The van der Waals surface area contributed by atoms with Crippen LogP contribution in [0.25, 0.3) is 22.2 Å². The number of anilines is 2. The van der Waals surface area contributed by atoms with E-state index in [-0.39, 0.29) is 23.6 Å². The van der Waals surface area contributed by atoms with Gasteiger partial charge in [0.15, 0.2) is 5.65 Å². The maximum atomic E-state index is 14.6. The number of benzene rings is 1. The summed E-state index contributed by atoms with van der Waals surface area (Å²) in [6, 6.07) is 4.19. The Hall–Kier alpha value is -3.33. The molecule has 0 aliphatic carbocycles. The number of nitrogens with two attached hydrogens (primary N) is 1. The fraction of sp³-hybridized carbons (Fsp3) is 0.364. The number of aromatic nitrogens is 3. The van der Waals surface area contributed by atoms with Crippen molar-refractivity contribution in [1.29, 1.82) is 0 Å². The summed E-state index contributed by atoms with van der Waals surface area (Å²) in [5.74, 6) is -0.422. The molecule has 31 heavy (non-hydrogen) atoms. The van der Waals surface area contributed by atoms with Gasteiger partial charge in [0, 0.05) is 29.4 Å². The number of urea groups is 1. The van der Waals surface area contributed by atoms with E-state index in [1.165, 1.54) is 6.07 Å². The van der Waals surface area contributed by atoms with Gasteiger partial charge in [0.05, 0.1) is 11.8 Å². The molecule has 8 nitrogen and oxygen atoms in total. The minimum absolute atomic E-state index is 0.0244. The van der Waals surface area contributed by atoms with Crippen LogP contribution in [0.15, 0.2) is 24.4 Å². The van der Waals surface area contributed by atoms with Crippen molar-refractivity contribution in [1.82, 2.24) is 20.3 Å². The first-order valence-corrected chi connectivity index (χ1v) is 9.89. The number of aliphatic hydroxyl groups excluding tert-OH is 1. The van der Waals surface area contributed by atoms with Crippen molar-refractivity contribution < 1.29 is 14.3 Å². The molecule has 2 aromatic heterocycles. The standard InChI is InChI=1S/C22H27FN6O2/c1-11-6-16(23)17(28-21(31)26-10-18(30)22(3,4)5)8-14(11)15-7-13-9-25-20(24)29-19(13)27-12(15)2/h6-9,18,30H,10H2,1-5H3,(H2,26,28,31)(H2,24,25,27,29). The van der Waals surface area contributed by atoms with Gasteiger partial charge in [-0.05, 0) is 48.6 Å². The van der Waals surface area contributed by atoms with Gasteiger partial charge in [-0.1, -0.05) is 20.8 Å². The van der Waals surface area contributed by atoms with Gasteiger partial charge in [-0.2, -0.15) is 4.98 Å². The van der Waals surface area contributed by atoms with E-state index in [1.54, 1.807) is 19.2 Å². The molecule has 9 heteroatoms. The normalized spacial score (nSPS) is 12.6. The topological polar surface area (TPSA) is 126 Å². The summed E-state index contributed by atoms with van der Waals surface area (Å²) in [6.07, 6.45) is 0.846. The van der Waals surface area contributed by atoms with E-state index >= 15 is 0 Å². The third-order valence-electron chi connectivity index (χ3n) is 5.09. The Morgan fingerprint density at radius 3 is 2.58 bits per heavy atom. The number of aliphatic hydroxyl groups is 1. The van der Waals surface area contributed by atoms with Crippen LogP contribution >= 0.6 is 0 Å². The van der Waals surface area contributed by atoms with Crippen LogP contribution in [0.1, 0.15) is 32.0 Å². The van der Waals surface area contributed by atoms with Gasteiger partial charge in [-0.25, -0.2) is 19.2 Å². The van der Waals surface area contributed by atoms with Crippen LogP contribution in [0.2, 0.25) is 0 Å². The second-order valence-corrected chi connectivity index (χ2v) is 8.63. The Labute approximate surface area is 180 Å². The summed E-state index contributed by atoms with van der Waals surface area (Å²) in [6.45, 7) is 9.24. The van der Waals surface area contributed by atoms with Crippen molar-refractivity contribution in [2.24, 2.45) is 5.41 Å². The molecule has 3 rings (SSSR count). The second-order valence-electron chi connectivity index (χ2n) is 8.63. The summed E-state index contributed by atoms with van der Waals surface area (Å²) in [7, 11) is 0. The Balaban J connectivity index is 1.89. The number of hydrogen-bond acceptors (Lipinski definition) is 6.